The molecule has 0 spiro atoms. The molecule has 0 unspecified atom stereocenters. The van der Waals surface area contributed by atoms with Crippen molar-refractivity contribution in [1.29, 1.82) is 0 Å². The van der Waals surface area contributed by atoms with Crippen LogP contribution in [-0.2, 0) is 6.54 Å². The zero-order valence-electron chi connectivity index (χ0n) is 7.87. The van der Waals surface area contributed by atoms with E-state index in [9.17, 15) is 0 Å². The van der Waals surface area contributed by atoms with Crippen LogP contribution in [0.3, 0.4) is 0 Å². The van der Waals surface area contributed by atoms with Gasteiger partial charge >= 0.3 is 0 Å². The highest BCUT2D eigenvalue weighted by Gasteiger charge is 2.22. The van der Waals surface area contributed by atoms with Crippen LogP contribution in [0, 0.1) is 5.92 Å². The smallest absolute Gasteiger partial charge is 0.217 e. The summed E-state index contributed by atoms with van der Waals surface area (Å²) >= 11 is 3.36. The fourth-order valence-corrected chi connectivity index (χ4v) is 1.60. The van der Waals surface area contributed by atoms with Gasteiger partial charge in [0.1, 0.15) is 0 Å². The molecule has 14 heavy (non-hydrogen) atoms. The van der Waals surface area contributed by atoms with Crippen molar-refractivity contribution in [3.05, 3.63) is 22.3 Å². The molecule has 0 radical (unpaired) electrons. The van der Waals surface area contributed by atoms with Gasteiger partial charge in [0.15, 0.2) is 0 Å². The van der Waals surface area contributed by atoms with Crippen LogP contribution < -0.4 is 10.5 Å². The molecule has 0 aliphatic heterocycles. The van der Waals surface area contributed by atoms with Crippen LogP contribution in [0.25, 0.3) is 0 Å². The second kappa shape index (κ2) is 4.28. The Balaban J connectivity index is 2.05. The molecule has 4 heteroatoms. The number of pyridine rings is 1. The van der Waals surface area contributed by atoms with E-state index in [1.165, 1.54) is 12.8 Å². The number of rotatable bonds is 4. The van der Waals surface area contributed by atoms with Gasteiger partial charge in [0, 0.05) is 22.8 Å². The molecule has 1 aliphatic rings. The monoisotopic (exact) mass is 256 g/mol. The lowest BCUT2D eigenvalue weighted by Crippen LogP contribution is -2.06. The Morgan fingerprint density at radius 1 is 1.57 bits per heavy atom. The van der Waals surface area contributed by atoms with E-state index in [0.29, 0.717) is 12.4 Å². The van der Waals surface area contributed by atoms with E-state index in [1.54, 1.807) is 6.20 Å². The van der Waals surface area contributed by atoms with Crippen molar-refractivity contribution in [2.75, 3.05) is 6.61 Å². The SMILES string of the molecule is NCc1cc(Br)cnc1OCC1CC1. The molecule has 3 nitrogen and oxygen atoms in total. The molecule has 76 valence electrons. The molecular formula is C10H13BrN2O. The predicted molar refractivity (Wildman–Crippen MR) is 58.0 cm³/mol. The van der Waals surface area contributed by atoms with Crippen LogP contribution in [0.15, 0.2) is 16.7 Å². The Hall–Kier alpha value is -0.610. The Kier molecular flexibility index (Phi) is 3.03. The Morgan fingerprint density at radius 2 is 2.36 bits per heavy atom. The van der Waals surface area contributed by atoms with Crippen LogP contribution in [-0.4, -0.2) is 11.6 Å². The predicted octanol–water partition coefficient (Wildman–Crippen LogP) is 2.09. The summed E-state index contributed by atoms with van der Waals surface area (Å²) in [6, 6.07) is 1.95. The number of nitrogens with zero attached hydrogens (tertiary/aromatic N) is 1. The lowest BCUT2D eigenvalue weighted by molar-refractivity contribution is 0.285. The van der Waals surface area contributed by atoms with Gasteiger partial charge in [0.25, 0.3) is 0 Å². The van der Waals surface area contributed by atoms with Gasteiger partial charge in [0.2, 0.25) is 5.88 Å². The van der Waals surface area contributed by atoms with Gasteiger partial charge in [-0.25, -0.2) is 4.98 Å². The largest absolute Gasteiger partial charge is 0.477 e. The molecule has 0 atom stereocenters. The number of aromatic nitrogens is 1. The Labute approximate surface area is 91.8 Å². The van der Waals surface area contributed by atoms with E-state index >= 15 is 0 Å². The minimum Gasteiger partial charge on any atom is -0.477 e. The molecule has 2 N–H and O–H groups in total. The van der Waals surface area contributed by atoms with Crippen molar-refractivity contribution in [2.45, 2.75) is 19.4 Å². The van der Waals surface area contributed by atoms with Gasteiger partial charge in [-0.15, -0.1) is 0 Å². The molecule has 1 aromatic heterocycles. The molecule has 0 saturated heterocycles. The first-order valence-corrected chi connectivity index (χ1v) is 5.56. The van der Waals surface area contributed by atoms with Crippen LogP contribution in [0.1, 0.15) is 18.4 Å². The molecule has 1 heterocycles. The fourth-order valence-electron chi connectivity index (χ4n) is 1.23. The molecule has 1 aromatic rings. The summed E-state index contributed by atoms with van der Waals surface area (Å²) in [6.07, 6.45) is 4.31. The van der Waals surface area contributed by atoms with E-state index < -0.39 is 0 Å². The number of halogens is 1. The maximum Gasteiger partial charge on any atom is 0.217 e. The molecule has 1 aliphatic carbocycles. The van der Waals surface area contributed by atoms with Gasteiger partial charge in [-0.1, -0.05) is 0 Å². The third-order valence-corrected chi connectivity index (χ3v) is 2.70. The number of nitrogens with two attached hydrogens (primary N) is 1. The van der Waals surface area contributed by atoms with Gasteiger partial charge in [-0.05, 0) is 40.8 Å². The van der Waals surface area contributed by atoms with E-state index in [4.69, 9.17) is 10.5 Å². The molecule has 1 saturated carbocycles. The number of hydrogen-bond acceptors (Lipinski definition) is 3. The third kappa shape index (κ3) is 2.45. The maximum atomic E-state index is 5.60. The summed E-state index contributed by atoms with van der Waals surface area (Å²) in [5, 5.41) is 0. The van der Waals surface area contributed by atoms with Crippen LogP contribution in [0.4, 0.5) is 0 Å². The second-order valence-corrected chi connectivity index (χ2v) is 4.49. The zero-order chi connectivity index (χ0) is 9.97. The number of ether oxygens (including phenoxy) is 1. The van der Waals surface area contributed by atoms with Gasteiger partial charge < -0.3 is 10.5 Å². The average Bonchev–Trinajstić information content (AvgIpc) is 2.99. The normalized spacial score (nSPS) is 15.6. The van der Waals surface area contributed by atoms with E-state index in [1.807, 2.05) is 6.07 Å². The van der Waals surface area contributed by atoms with Crippen molar-refractivity contribution < 1.29 is 4.74 Å². The summed E-state index contributed by atoms with van der Waals surface area (Å²) < 4.78 is 6.54. The molecule has 0 amide bonds. The average molecular weight is 257 g/mol. The highest BCUT2D eigenvalue weighted by atomic mass is 79.9. The van der Waals surface area contributed by atoms with Crippen molar-refractivity contribution >= 4 is 15.9 Å². The minimum atomic E-state index is 0.465. The van der Waals surface area contributed by atoms with Crippen molar-refractivity contribution in [1.82, 2.24) is 4.98 Å². The third-order valence-electron chi connectivity index (χ3n) is 2.26. The summed E-state index contributed by atoms with van der Waals surface area (Å²) in [7, 11) is 0. The highest BCUT2D eigenvalue weighted by Crippen LogP contribution is 2.30. The maximum absolute atomic E-state index is 5.60. The van der Waals surface area contributed by atoms with Crippen molar-refractivity contribution in [3.8, 4) is 5.88 Å². The second-order valence-electron chi connectivity index (χ2n) is 3.58. The van der Waals surface area contributed by atoms with Gasteiger partial charge in [-0.3, -0.25) is 0 Å². The quantitative estimate of drug-likeness (QED) is 0.898. The molecule has 2 rings (SSSR count). The van der Waals surface area contributed by atoms with Crippen molar-refractivity contribution in [2.24, 2.45) is 11.7 Å². The van der Waals surface area contributed by atoms with Crippen LogP contribution >= 0.6 is 15.9 Å². The van der Waals surface area contributed by atoms with E-state index in [0.717, 1.165) is 22.6 Å². The standard InChI is InChI=1S/C10H13BrN2O/c11-9-3-8(4-12)10(13-5-9)14-6-7-1-2-7/h3,5,7H,1-2,4,6,12H2. The van der Waals surface area contributed by atoms with E-state index in [-0.39, 0.29) is 0 Å². The highest BCUT2D eigenvalue weighted by molar-refractivity contribution is 9.10. The first kappa shape index (κ1) is 9.93. The Morgan fingerprint density at radius 3 is 3.00 bits per heavy atom. The molecule has 0 bridgehead atoms. The van der Waals surface area contributed by atoms with Gasteiger partial charge in [0.05, 0.1) is 6.61 Å². The first-order chi connectivity index (χ1) is 6.79. The summed E-state index contributed by atoms with van der Waals surface area (Å²) in [5.74, 6) is 1.42. The fraction of sp³-hybridized carbons (Fsp3) is 0.500. The van der Waals surface area contributed by atoms with Crippen LogP contribution in [0.2, 0.25) is 0 Å². The number of hydrogen-bond donors (Lipinski definition) is 1. The Bertz CT molecular complexity index is 326. The summed E-state index contributed by atoms with van der Waals surface area (Å²) in [6.45, 7) is 1.24. The van der Waals surface area contributed by atoms with Crippen LogP contribution in [0.5, 0.6) is 5.88 Å². The summed E-state index contributed by atoms with van der Waals surface area (Å²) in [4.78, 5) is 4.20. The molecule has 1 fully saturated rings. The topological polar surface area (TPSA) is 48.1 Å². The first-order valence-electron chi connectivity index (χ1n) is 4.77. The minimum absolute atomic E-state index is 0.465. The molecule has 0 aromatic carbocycles. The molecular weight excluding hydrogens is 244 g/mol. The van der Waals surface area contributed by atoms with Crippen molar-refractivity contribution in [3.63, 3.8) is 0 Å². The lowest BCUT2D eigenvalue weighted by atomic mass is 10.3. The lowest BCUT2D eigenvalue weighted by Gasteiger charge is -2.08. The van der Waals surface area contributed by atoms with E-state index in [2.05, 4.69) is 20.9 Å². The zero-order valence-corrected chi connectivity index (χ0v) is 9.46. The van der Waals surface area contributed by atoms with Gasteiger partial charge in [-0.2, -0.15) is 0 Å². The summed E-state index contributed by atoms with van der Waals surface area (Å²) in [5.41, 5.74) is 6.56.